The zero-order valence-corrected chi connectivity index (χ0v) is 22.6. The fourth-order valence-electron chi connectivity index (χ4n) is 7.91. The van der Waals surface area contributed by atoms with E-state index in [1.165, 1.54) is 44.1 Å². The van der Waals surface area contributed by atoms with E-state index in [4.69, 9.17) is 4.74 Å². The summed E-state index contributed by atoms with van der Waals surface area (Å²) in [4.78, 5) is 39.9. The van der Waals surface area contributed by atoms with Crippen molar-refractivity contribution in [1.29, 1.82) is 0 Å². The van der Waals surface area contributed by atoms with Crippen LogP contribution in [-0.2, 0) is 14.9 Å². The highest BCUT2D eigenvalue weighted by atomic mass is 16.6. The first kappa shape index (κ1) is 26.1. The van der Waals surface area contributed by atoms with Crippen LogP contribution < -0.4 is 10.6 Å². The summed E-state index contributed by atoms with van der Waals surface area (Å²) in [6, 6.07) is 7.61. The minimum absolute atomic E-state index is 0.0177. The molecule has 1 atom stereocenters. The van der Waals surface area contributed by atoms with Crippen molar-refractivity contribution in [1.82, 2.24) is 15.5 Å². The molecule has 7 nitrogen and oxygen atoms in total. The van der Waals surface area contributed by atoms with E-state index in [-0.39, 0.29) is 29.9 Å². The van der Waals surface area contributed by atoms with Crippen LogP contribution >= 0.6 is 0 Å². The van der Waals surface area contributed by atoms with Gasteiger partial charge in [0.15, 0.2) is 0 Å². The van der Waals surface area contributed by atoms with Crippen LogP contribution in [0, 0.1) is 23.7 Å². The SMILES string of the molecule is CCOC(=O)N1CCC(NC(=O)[C@H](NC(=O)c2ccc(C34CC5CC(CC(C5)C3)C4)cc2)C(C)C)CC1. The predicted octanol–water partition coefficient (Wildman–Crippen LogP) is 4.65. The second-order valence-electron chi connectivity index (χ2n) is 12.4. The number of carbonyl (C=O) groups is 3. The van der Waals surface area contributed by atoms with Crippen LogP contribution in [0.5, 0.6) is 0 Å². The topological polar surface area (TPSA) is 87.7 Å². The van der Waals surface area contributed by atoms with Crippen molar-refractivity contribution in [2.75, 3.05) is 19.7 Å². The third-order valence-corrected chi connectivity index (χ3v) is 9.40. The van der Waals surface area contributed by atoms with Crippen molar-refractivity contribution in [3.63, 3.8) is 0 Å². The van der Waals surface area contributed by atoms with Gasteiger partial charge in [-0.2, -0.15) is 0 Å². The fraction of sp³-hybridized carbons (Fsp3) is 0.700. The fourth-order valence-corrected chi connectivity index (χ4v) is 7.91. The summed E-state index contributed by atoms with van der Waals surface area (Å²) in [6.45, 7) is 7.16. The minimum Gasteiger partial charge on any atom is -0.450 e. The van der Waals surface area contributed by atoms with E-state index in [0.717, 1.165) is 17.8 Å². The van der Waals surface area contributed by atoms with Gasteiger partial charge in [0.2, 0.25) is 5.91 Å². The first-order valence-corrected chi connectivity index (χ1v) is 14.4. The smallest absolute Gasteiger partial charge is 0.409 e. The molecular formula is C30H43N3O4. The zero-order chi connectivity index (χ0) is 26.2. The Kier molecular flexibility index (Phi) is 7.51. The number of hydrogen-bond acceptors (Lipinski definition) is 4. The summed E-state index contributed by atoms with van der Waals surface area (Å²) in [7, 11) is 0. The lowest BCUT2D eigenvalue weighted by molar-refractivity contribution is -0.124. The molecule has 0 radical (unpaired) electrons. The van der Waals surface area contributed by atoms with Gasteiger partial charge in [-0.25, -0.2) is 4.79 Å². The molecule has 1 aromatic carbocycles. The van der Waals surface area contributed by atoms with E-state index >= 15 is 0 Å². The summed E-state index contributed by atoms with van der Waals surface area (Å²) in [5.74, 6) is 2.24. The Bertz CT molecular complexity index is 961. The van der Waals surface area contributed by atoms with Crippen LogP contribution in [0.25, 0.3) is 0 Å². The quantitative estimate of drug-likeness (QED) is 0.560. The number of nitrogens with one attached hydrogen (secondary N) is 2. The maximum absolute atomic E-state index is 13.1. The Labute approximate surface area is 221 Å². The molecule has 3 amide bonds. The Morgan fingerprint density at radius 1 is 0.973 bits per heavy atom. The standard InChI is InChI=1S/C30H43N3O4/c1-4-37-29(36)33-11-9-25(10-12-33)31-28(35)26(19(2)3)32-27(34)23-5-7-24(8-6-23)30-16-20-13-21(17-30)15-22(14-20)18-30/h5-8,19-22,25-26H,4,9-18H2,1-3H3,(H,31,35)(H,32,34)/t20?,21?,22?,26-,30?/m1/s1. The third kappa shape index (κ3) is 5.51. The Hall–Kier alpha value is -2.57. The van der Waals surface area contributed by atoms with Crippen LogP contribution in [0.3, 0.4) is 0 Å². The summed E-state index contributed by atoms with van der Waals surface area (Å²) in [5.41, 5.74) is 2.32. The molecule has 1 heterocycles. The minimum atomic E-state index is -0.613. The molecule has 7 heteroatoms. The molecule has 5 aliphatic rings. The van der Waals surface area contributed by atoms with E-state index in [2.05, 4.69) is 22.8 Å². The Morgan fingerprint density at radius 2 is 1.54 bits per heavy atom. The number of amides is 3. The van der Waals surface area contributed by atoms with Gasteiger partial charge in [0.25, 0.3) is 5.91 Å². The van der Waals surface area contributed by atoms with E-state index < -0.39 is 6.04 Å². The van der Waals surface area contributed by atoms with Crippen molar-refractivity contribution in [2.24, 2.45) is 23.7 Å². The maximum atomic E-state index is 13.1. The van der Waals surface area contributed by atoms with Gasteiger partial charge in [0.05, 0.1) is 6.61 Å². The first-order chi connectivity index (χ1) is 17.8. The van der Waals surface area contributed by atoms with Crippen molar-refractivity contribution < 1.29 is 19.1 Å². The lowest BCUT2D eigenvalue weighted by atomic mass is 9.48. The molecule has 0 unspecified atom stereocenters. The Balaban J connectivity index is 1.17. The van der Waals surface area contributed by atoms with Crippen molar-refractivity contribution in [3.05, 3.63) is 35.4 Å². The van der Waals surface area contributed by atoms with E-state index in [0.29, 0.717) is 43.5 Å². The molecule has 0 aromatic heterocycles. The maximum Gasteiger partial charge on any atom is 0.409 e. The average molecular weight is 510 g/mol. The van der Waals surface area contributed by atoms with Crippen LogP contribution in [0.4, 0.5) is 4.79 Å². The molecule has 4 saturated carbocycles. The third-order valence-electron chi connectivity index (χ3n) is 9.40. The molecule has 4 aliphatic carbocycles. The number of carbonyl (C=O) groups excluding carboxylic acids is 3. The molecule has 1 aliphatic heterocycles. The zero-order valence-electron chi connectivity index (χ0n) is 22.6. The van der Waals surface area contributed by atoms with Crippen LogP contribution in [0.1, 0.15) is 88.1 Å². The van der Waals surface area contributed by atoms with E-state index in [1.54, 1.807) is 11.8 Å². The van der Waals surface area contributed by atoms with E-state index in [9.17, 15) is 14.4 Å². The van der Waals surface area contributed by atoms with Gasteiger partial charge in [-0.3, -0.25) is 9.59 Å². The number of ether oxygens (including phenoxy) is 1. The van der Waals surface area contributed by atoms with Gasteiger partial charge in [-0.05, 0) is 105 Å². The summed E-state index contributed by atoms with van der Waals surface area (Å²) >= 11 is 0. The molecule has 2 N–H and O–H groups in total. The summed E-state index contributed by atoms with van der Waals surface area (Å²) < 4.78 is 5.07. The Morgan fingerprint density at radius 3 is 2.05 bits per heavy atom. The first-order valence-electron chi connectivity index (χ1n) is 14.4. The average Bonchev–Trinajstić information content (AvgIpc) is 2.86. The van der Waals surface area contributed by atoms with Gasteiger partial charge in [0.1, 0.15) is 6.04 Å². The van der Waals surface area contributed by atoms with E-state index in [1.807, 2.05) is 26.0 Å². The monoisotopic (exact) mass is 509 g/mol. The normalized spacial score (nSPS) is 29.7. The molecule has 4 bridgehead atoms. The molecule has 6 rings (SSSR count). The number of rotatable bonds is 7. The van der Waals surface area contributed by atoms with Gasteiger partial charge in [-0.1, -0.05) is 26.0 Å². The largest absolute Gasteiger partial charge is 0.450 e. The molecule has 37 heavy (non-hydrogen) atoms. The van der Waals surface area contributed by atoms with Gasteiger partial charge in [0, 0.05) is 24.7 Å². The molecule has 202 valence electrons. The lowest BCUT2D eigenvalue weighted by Crippen LogP contribution is -2.54. The summed E-state index contributed by atoms with van der Waals surface area (Å²) in [6.07, 6.45) is 9.23. The number of nitrogens with zero attached hydrogens (tertiary/aromatic N) is 1. The number of piperidine rings is 1. The second kappa shape index (κ2) is 10.7. The molecule has 1 aromatic rings. The molecular weight excluding hydrogens is 466 g/mol. The second-order valence-corrected chi connectivity index (χ2v) is 12.4. The van der Waals surface area contributed by atoms with Crippen LogP contribution in [-0.4, -0.2) is 54.6 Å². The molecule has 1 saturated heterocycles. The number of likely N-dealkylation sites (tertiary alicyclic amines) is 1. The highest BCUT2D eigenvalue weighted by Crippen LogP contribution is 2.60. The van der Waals surface area contributed by atoms with Crippen molar-refractivity contribution >= 4 is 17.9 Å². The molecule has 0 spiro atoms. The van der Waals surface area contributed by atoms with Crippen LogP contribution in [0.2, 0.25) is 0 Å². The molecule has 5 fully saturated rings. The number of benzene rings is 1. The van der Waals surface area contributed by atoms with Gasteiger partial charge in [-0.15, -0.1) is 0 Å². The summed E-state index contributed by atoms with van der Waals surface area (Å²) in [5, 5.41) is 6.08. The number of hydrogen-bond donors (Lipinski definition) is 2. The van der Waals surface area contributed by atoms with Gasteiger partial charge >= 0.3 is 6.09 Å². The highest BCUT2D eigenvalue weighted by molar-refractivity contribution is 5.97. The van der Waals surface area contributed by atoms with Crippen molar-refractivity contribution in [2.45, 2.75) is 89.6 Å². The predicted molar refractivity (Wildman–Crippen MR) is 142 cm³/mol. The van der Waals surface area contributed by atoms with Gasteiger partial charge < -0.3 is 20.3 Å². The van der Waals surface area contributed by atoms with Crippen molar-refractivity contribution in [3.8, 4) is 0 Å². The highest BCUT2D eigenvalue weighted by Gasteiger charge is 2.51. The van der Waals surface area contributed by atoms with Crippen LogP contribution in [0.15, 0.2) is 24.3 Å². The lowest BCUT2D eigenvalue weighted by Gasteiger charge is -2.57.